The average Bonchev–Trinajstić information content (AvgIpc) is 3.22. The van der Waals surface area contributed by atoms with Crippen LogP contribution in [0.25, 0.3) is 11.9 Å². The maximum atomic E-state index is 11.9. The Morgan fingerprint density at radius 2 is 2.09 bits per heavy atom. The predicted octanol–water partition coefficient (Wildman–Crippen LogP) is -0.742. The van der Waals surface area contributed by atoms with Gasteiger partial charge in [0, 0.05) is 24.3 Å². The van der Waals surface area contributed by atoms with Crippen molar-refractivity contribution in [2.75, 3.05) is 6.61 Å². The van der Waals surface area contributed by atoms with E-state index in [1.165, 1.54) is 18.6 Å². The molecule has 0 fully saturated rings. The highest BCUT2D eigenvalue weighted by Gasteiger charge is 2.09. The number of aromatic amines is 3. The Bertz CT molecular complexity index is 928. The summed E-state index contributed by atoms with van der Waals surface area (Å²) < 4.78 is 4.92. The van der Waals surface area contributed by atoms with Crippen molar-refractivity contribution in [1.82, 2.24) is 15.2 Å². The molecule has 112 valence electrons. The lowest BCUT2D eigenvalue weighted by atomic mass is 10.2. The van der Waals surface area contributed by atoms with Gasteiger partial charge in [-0.25, -0.2) is 14.8 Å². The van der Waals surface area contributed by atoms with Gasteiger partial charge in [-0.2, -0.15) is 0 Å². The first-order valence-electron chi connectivity index (χ1n) is 6.64. The van der Waals surface area contributed by atoms with E-state index in [1.54, 1.807) is 19.1 Å². The van der Waals surface area contributed by atoms with E-state index in [0.717, 1.165) is 0 Å². The first kappa shape index (κ1) is 13.8. The molecule has 0 spiro atoms. The summed E-state index contributed by atoms with van der Waals surface area (Å²) in [5, 5.41) is 6.11. The van der Waals surface area contributed by atoms with Crippen molar-refractivity contribution in [3.05, 3.63) is 44.4 Å². The number of carbonyl (C=O) groups excluding carboxylic acids is 1. The van der Waals surface area contributed by atoms with Crippen molar-refractivity contribution in [2.45, 2.75) is 6.92 Å². The van der Waals surface area contributed by atoms with Crippen LogP contribution in [0.3, 0.4) is 0 Å². The maximum absolute atomic E-state index is 11.9. The van der Waals surface area contributed by atoms with Gasteiger partial charge in [0.25, 0.3) is 5.56 Å². The van der Waals surface area contributed by atoms with Crippen LogP contribution in [0.2, 0.25) is 0 Å². The number of rotatable bonds is 3. The number of aromatic nitrogens is 3. The molecule has 8 nitrogen and oxygen atoms in total. The van der Waals surface area contributed by atoms with E-state index in [2.05, 4.69) is 25.2 Å². The molecule has 22 heavy (non-hydrogen) atoms. The molecular weight excluding hydrogens is 286 g/mol. The van der Waals surface area contributed by atoms with Crippen LogP contribution in [0, 0.1) is 0 Å². The molecule has 0 amide bonds. The Kier molecular flexibility index (Phi) is 3.57. The number of nitrogens with one attached hydrogen (secondary N) is 3. The molecule has 3 N–H and O–H groups in total. The molecule has 1 aliphatic heterocycles. The van der Waals surface area contributed by atoms with Crippen LogP contribution >= 0.6 is 0 Å². The van der Waals surface area contributed by atoms with Gasteiger partial charge in [-0.15, -0.1) is 0 Å². The highest BCUT2D eigenvalue weighted by Crippen LogP contribution is 2.05. The number of aliphatic imine (C=N–C) groups is 2. The number of nitrogens with zero attached hydrogens (tertiary/aromatic N) is 2. The van der Waals surface area contributed by atoms with E-state index in [1.807, 2.05) is 0 Å². The summed E-state index contributed by atoms with van der Waals surface area (Å²) in [4.78, 5) is 34.6. The van der Waals surface area contributed by atoms with Crippen molar-refractivity contribution in [2.24, 2.45) is 9.98 Å². The number of carbonyl (C=O) groups is 1. The maximum Gasteiger partial charge on any atom is 0.339 e. The van der Waals surface area contributed by atoms with Crippen molar-refractivity contribution in [3.8, 4) is 0 Å². The van der Waals surface area contributed by atoms with Crippen molar-refractivity contribution in [1.29, 1.82) is 0 Å². The number of esters is 1. The smallest absolute Gasteiger partial charge is 0.339 e. The van der Waals surface area contributed by atoms with Gasteiger partial charge in [-0.3, -0.25) is 15.0 Å². The van der Waals surface area contributed by atoms with Crippen molar-refractivity contribution in [3.63, 3.8) is 0 Å². The van der Waals surface area contributed by atoms with Gasteiger partial charge in [-0.1, -0.05) is 0 Å². The summed E-state index contributed by atoms with van der Waals surface area (Å²) in [6, 6.07) is 1.61. The molecule has 0 saturated carbocycles. The van der Waals surface area contributed by atoms with Crippen LogP contribution in [0.15, 0.2) is 27.0 Å². The Labute approximate surface area is 123 Å². The van der Waals surface area contributed by atoms with Crippen LogP contribution < -0.4 is 16.1 Å². The van der Waals surface area contributed by atoms with Crippen LogP contribution in [0.1, 0.15) is 23.0 Å². The van der Waals surface area contributed by atoms with Gasteiger partial charge in [0.2, 0.25) is 0 Å². The third kappa shape index (κ3) is 2.53. The lowest BCUT2D eigenvalue weighted by Crippen LogP contribution is -2.34. The zero-order chi connectivity index (χ0) is 15.5. The highest BCUT2D eigenvalue weighted by molar-refractivity contribution is 6.20. The van der Waals surface area contributed by atoms with Crippen LogP contribution in [0.4, 0.5) is 0 Å². The minimum atomic E-state index is -0.416. The van der Waals surface area contributed by atoms with E-state index < -0.39 is 5.97 Å². The fourth-order valence-electron chi connectivity index (χ4n) is 2.03. The van der Waals surface area contributed by atoms with Crippen LogP contribution in [0.5, 0.6) is 0 Å². The summed E-state index contributed by atoms with van der Waals surface area (Å²) in [5.41, 5.74) is 0.694. The summed E-state index contributed by atoms with van der Waals surface area (Å²) >= 11 is 0. The van der Waals surface area contributed by atoms with Gasteiger partial charge in [-0.05, 0) is 19.1 Å². The Morgan fingerprint density at radius 1 is 1.32 bits per heavy atom. The second-order valence-electron chi connectivity index (χ2n) is 4.46. The summed E-state index contributed by atoms with van der Waals surface area (Å²) in [6.45, 7) is 2.04. The minimum absolute atomic E-state index is 0.299. The first-order valence-corrected chi connectivity index (χ1v) is 6.64. The lowest BCUT2D eigenvalue weighted by Gasteiger charge is -1.96. The Hall–Kier alpha value is -3.16. The molecule has 1 aliphatic rings. The standard InChI is InChI=1S/C14H13N5O3/c1-2-22-14(21)8-5-9(17-7-8)6-10-11(18-19-13(10)20)12-15-3-4-16-12/h3-7,17-18H,2H2,1H3,(H,19,20)/b10-6+. The topological polar surface area (TPSA) is 115 Å². The molecule has 0 atom stereocenters. The molecule has 0 aromatic carbocycles. The Morgan fingerprint density at radius 3 is 2.82 bits per heavy atom. The lowest BCUT2D eigenvalue weighted by molar-refractivity contribution is 0.0526. The van der Waals surface area contributed by atoms with Gasteiger partial charge >= 0.3 is 5.97 Å². The predicted molar refractivity (Wildman–Crippen MR) is 81.4 cm³/mol. The molecule has 0 aliphatic carbocycles. The average molecular weight is 299 g/mol. The normalized spacial score (nSPS) is 14.0. The number of H-pyrrole nitrogens is 3. The monoisotopic (exact) mass is 299 g/mol. The van der Waals surface area contributed by atoms with Crippen molar-refractivity contribution < 1.29 is 9.53 Å². The third-order valence-electron chi connectivity index (χ3n) is 3.02. The summed E-state index contributed by atoms with van der Waals surface area (Å²) in [7, 11) is 0. The molecule has 2 aromatic heterocycles. The summed E-state index contributed by atoms with van der Waals surface area (Å²) in [6.07, 6.45) is 6.23. The second kappa shape index (κ2) is 5.68. The molecule has 3 heterocycles. The Balaban J connectivity index is 2.08. The quantitative estimate of drug-likeness (QED) is 0.648. The third-order valence-corrected chi connectivity index (χ3v) is 3.02. The largest absolute Gasteiger partial charge is 0.462 e. The molecule has 0 radical (unpaired) electrons. The number of hydrogen-bond acceptors (Lipinski definition) is 5. The molecule has 3 rings (SSSR count). The second-order valence-corrected chi connectivity index (χ2v) is 4.46. The first-order chi connectivity index (χ1) is 10.7. The highest BCUT2D eigenvalue weighted by atomic mass is 16.5. The van der Waals surface area contributed by atoms with Crippen molar-refractivity contribution >= 4 is 30.3 Å². The van der Waals surface area contributed by atoms with Crippen LogP contribution in [-0.2, 0) is 4.74 Å². The van der Waals surface area contributed by atoms with Gasteiger partial charge < -0.3 is 9.72 Å². The molecule has 0 unspecified atom stereocenters. The van der Waals surface area contributed by atoms with E-state index >= 15 is 0 Å². The SMILES string of the molecule is CCOC(=O)c1c[nH]c(/C=c2/c(=O)[nH][nH]c2=C2N=CC=N2)c1. The van der Waals surface area contributed by atoms with E-state index in [9.17, 15) is 9.59 Å². The zero-order valence-electron chi connectivity index (χ0n) is 11.7. The van der Waals surface area contributed by atoms with Gasteiger partial charge in [0.15, 0.2) is 5.82 Å². The molecular formula is C14H13N5O3. The molecule has 0 saturated heterocycles. The van der Waals surface area contributed by atoms with Crippen LogP contribution in [-0.4, -0.2) is 40.2 Å². The molecule has 2 aromatic rings. The minimum Gasteiger partial charge on any atom is -0.462 e. The zero-order valence-corrected chi connectivity index (χ0v) is 11.7. The number of ether oxygens (including phenoxy) is 1. The molecule has 8 heteroatoms. The van der Waals surface area contributed by atoms with Gasteiger partial charge in [0.05, 0.1) is 17.4 Å². The van der Waals surface area contributed by atoms with Gasteiger partial charge in [0.1, 0.15) is 5.35 Å². The fourth-order valence-corrected chi connectivity index (χ4v) is 2.03. The molecule has 0 bridgehead atoms. The van der Waals surface area contributed by atoms with E-state index in [-0.39, 0.29) is 5.56 Å². The fraction of sp³-hybridized carbons (Fsp3) is 0.143. The van der Waals surface area contributed by atoms with E-state index in [0.29, 0.717) is 34.3 Å². The van der Waals surface area contributed by atoms with E-state index in [4.69, 9.17) is 4.74 Å². The number of hydrogen-bond donors (Lipinski definition) is 3. The summed E-state index contributed by atoms with van der Waals surface area (Å²) in [5.74, 6) is 0.00254.